The smallest absolute Gasteiger partial charge is 0.159 e. The number of benzene rings is 1. The third kappa shape index (κ3) is 3.58. The molecule has 2 nitrogen and oxygen atoms in total. The minimum absolute atomic E-state index is 0.0690. The van der Waals surface area contributed by atoms with Crippen LogP contribution >= 0.6 is 0 Å². The van der Waals surface area contributed by atoms with E-state index in [9.17, 15) is 4.79 Å². The predicted octanol–water partition coefficient (Wildman–Crippen LogP) is 3.23. The van der Waals surface area contributed by atoms with Crippen molar-refractivity contribution in [2.45, 2.75) is 20.3 Å². The lowest BCUT2D eigenvalue weighted by Gasteiger charge is -2.07. The molecule has 0 unspecified atom stereocenters. The summed E-state index contributed by atoms with van der Waals surface area (Å²) in [6.07, 6.45) is 0.922. The molecule has 1 rings (SSSR count). The molecule has 0 bridgehead atoms. The summed E-state index contributed by atoms with van der Waals surface area (Å²) < 4.78 is 5.48. The molecule has 80 valence electrons. The van der Waals surface area contributed by atoms with Crippen LogP contribution in [0, 0.1) is 0 Å². The molecular weight excluding hydrogens is 188 g/mol. The molecule has 2 heteroatoms. The molecule has 0 aliphatic heterocycles. The van der Waals surface area contributed by atoms with Crippen LogP contribution < -0.4 is 4.74 Å². The van der Waals surface area contributed by atoms with Gasteiger partial charge in [-0.3, -0.25) is 4.79 Å². The van der Waals surface area contributed by atoms with Crippen molar-refractivity contribution in [3.8, 4) is 5.75 Å². The van der Waals surface area contributed by atoms with Crippen LogP contribution in [-0.4, -0.2) is 12.4 Å². The van der Waals surface area contributed by atoms with Gasteiger partial charge in [0.1, 0.15) is 12.4 Å². The highest BCUT2D eigenvalue weighted by atomic mass is 16.5. The van der Waals surface area contributed by atoms with Crippen molar-refractivity contribution in [1.82, 2.24) is 0 Å². The standard InChI is InChI=1S/C13H16O2/c1-4-10(2)9-15-13-7-5-12(6-8-13)11(3)14/h5-8H,2,4,9H2,1,3H3. The highest BCUT2D eigenvalue weighted by Gasteiger charge is 1.99. The summed E-state index contributed by atoms with van der Waals surface area (Å²) in [4.78, 5) is 11.0. The van der Waals surface area contributed by atoms with Gasteiger partial charge in [-0.05, 0) is 43.2 Å². The second kappa shape index (κ2) is 5.35. The highest BCUT2D eigenvalue weighted by molar-refractivity contribution is 5.94. The molecule has 0 aliphatic rings. The Morgan fingerprint density at radius 2 is 1.93 bits per heavy atom. The van der Waals surface area contributed by atoms with Crippen LogP contribution in [0.2, 0.25) is 0 Å². The zero-order valence-electron chi connectivity index (χ0n) is 9.25. The van der Waals surface area contributed by atoms with E-state index in [0.29, 0.717) is 12.2 Å². The van der Waals surface area contributed by atoms with Gasteiger partial charge in [0.25, 0.3) is 0 Å². The lowest BCUT2D eigenvalue weighted by molar-refractivity contribution is 0.101. The van der Waals surface area contributed by atoms with Gasteiger partial charge in [0.05, 0.1) is 0 Å². The molecule has 1 aromatic carbocycles. The average Bonchev–Trinajstić information content (AvgIpc) is 2.26. The van der Waals surface area contributed by atoms with E-state index in [4.69, 9.17) is 4.74 Å². The monoisotopic (exact) mass is 204 g/mol. The van der Waals surface area contributed by atoms with Crippen molar-refractivity contribution in [3.63, 3.8) is 0 Å². The highest BCUT2D eigenvalue weighted by Crippen LogP contribution is 2.13. The number of hydrogen-bond acceptors (Lipinski definition) is 2. The average molecular weight is 204 g/mol. The van der Waals surface area contributed by atoms with Gasteiger partial charge >= 0.3 is 0 Å². The minimum atomic E-state index is 0.0690. The predicted molar refractivity (Wildman–Crippen MR) is 61.4 cm³/mol. The Bertz CT molecular complexity index is 349. The van der Waals surface area contributed by atoms with Gasteiger partial charge in [-0.1, -0.05) is 13.5 Å². The third-order valence-corrected chi connectivity index (χ3v) is 2.20. The molecule has 15 heavy (non-hydrogen) atoms. The normalized spacial score (nSPS) is 9.73. The molecule has 0 heterocycles. The summed E-state index contributed by atoms with van der Waals surface area (Å²) in [5, 5.41) is 0. The lowest BCUT2D eigenvalue weighted by atomic mass is 10.1. The fourth-order valence-electron chi connectivity index (χ4n) is 1.07. The number of ether oxygens (including phenoxy) is 1. The fraction of sp³-hybridized carbons (Fsp3) is 0.308. The van der Waals surface area contributed by atoms with Gasteiger partial charge in [-0.25, -0.2) is 0 Å². The van der Waals surface area contributed by atoms with Crippen molar-refractivity contribution < 1.29 is 9.53 Å². The summed E-state index contributed by atoms with van der Waals surface area (Å²) in [5.41, 5.74) is 1.77. The Kier molecular flexibility index (Phi) is 4.10. The Hall–Kier alpha value is -1.57. The van der Waals surface area contributed by atoms with Crippen LogP contribution in [0.1, 0.15) is 30.6 Å². The van der Waals surface area contributed by atoms with E-state index in [0.717, 1.165) is 17.7 Å². The molecule has 0 saturated heterocycles. The van der Waals surface area contributed by atoms with E-state index in [1.54, 1.807) is 31.2 Å². The van der Waals surface area contributed by atoms with E-state index in [1.807, 2.05) is 6.92 Å². The van der Waals surface area contributed by atoms with Crippen molar-refractivity contribution >= 4 is 5.78 Å². The van der Waals surface area contributed by atoms with Gasteiger partial charge in [0.2, 0.25) is 0 Å². The lowest BCUT2D eigenvalue weighted by Crippen LogP contribution is -1.99. The Labute approximate surface area is 90.6 Å². The SMILES string of the molecule is C=C(CC)COc1ccc(C(C)=O)cc1. The molecule has 0 spiro atoms. The van der Waals surface area contributed by atoms with Crippen LogP contribution in [0.25, 0.3) is 0 Å². The van der Waals surface area contributed by atoms with Gasteiger partial charge in [-0.15, -0.1) is 0 Å². The summed E-state index contributed by atoms with van der Waals surface area (Å²) >= 11 is 0. The number of ketones is 1. The summed E-state index contributed by atoms with van der Waals surface area (Å²) in [6.45, 7) is 7.99. The number of carbonyl (C=O) groups excluding carboxylic acids is 1. The molecule has 0 radical (unpaired) electrons. The Morgan fingerprint density at radius 1 is 1.33 bits per heavy atom. The Morgan fingerprint density at radius 3 is 2.40 bits per heavy atom. The first-order valence-corrected chi connectivity index (χ1v) is 5.04. The zero-order valence-corrected chi connectivity index (χ0v) is 9.25. The van der Waals surface area contributed by atoms with Crippen molar-refractivity contribution in [1.29, 1.82) is 0 Å². The molecule has 0 aliphatic carbocycles. The molecule has 0 aromatic heterocycles. The number of rotatable bonds is 5. The van der Waals surface area contributed by atoms with E-state index < -0.39 is 0 Å². The number of hydrogen-bond donors (Lipinski definition) is 0. The molecule has 0 saturated carbocycles. The van der Waals surface area contributed by atoms with Crippen molar-refractivity contribution in [2.24, 2.45) is 0 Å². The first-order chi connectivity index (χ1) is 7.13. The van der Waals surface area contributed by atoms with E-state index in [1.165, 1.54) is 0 Å². The second-order valence-corrected chi connectivity index (χ2v) is 3.47. The summed E-state index contributed by atoms with van der Waals surface area (Å²) in [6, 6.07) is 7.15. The van der Waals surface area contributed by atoms with E-state index in [2.05, 4.69) is 6.58 Å². The van der Waals surface area contributed by atoms with Crippen LogP contribution in [0.15, 0.2) is 36.4 Å². The first kappa shape index (κ1) is 11.5. The molecule has 0 fully saturated rings. The molecule has 0 amide bonds. The molecular formula is C13H16O2. The largest absolute Gasteiger partial charge is 0.489 e. The maximum atomic E-state index is 11.0. The van der Waals surface area contributed by atoms with Crippen LogP contribution in [0.3, 0.4) is 0 Å². The van der Waals surface area contributed by atoms with E-state index in [-0.39, 0.29) is 5.78 Å². The quantitative estimate of drug-likeness (QED) is 0.543. The van der Waals surface area contributed by atoms with Crippen molar-refractivity contribution in [3.05, 3.63) is 42.0 Å². The molecule has 0 atom stereocenters. The van der Waals surface area contributed by atoms with Gasteiger partial charge < -0.3 is 4.74 Å². The van der Waals surface area contributed by atoms with Crippen LogP contribution in [0.5, 0.6) is 5.75 Å². The van der Waals surface area contributed by atoms with Crippen molar-refractivity contribution in [2.75, 3.05) is 6.61 Å². The maximum absolute atomic E-state index is 11.0. The number of Topliss-reactive ketones (excluding diaryl/α,β-unsaturated/α-hetero) is 1. The molecule has 0 N–H and O–H groups in total. The maximum Gasteiger partial charge on any atom is 0.159 e. The number of carbonyl (C=O) groups is 1. The fourth-order valence-corrected chi connectivity index (χ4v) is 1.07. The van der Waals surface area contributed by atoms with Gasteiger partial charge in [-0.2, -0.15) is 0 Å². The topological polar surface area (TPSA) is 26.3 Å². The summed E-state index contributed by atoms with van der Waals surface area (Å²) in [7, 11) is 0. The van der Waals surface area contributed by atoms with Crippen LogP contribution in [0.4, 0.5) is 0 Å². The minimum Gasteiger partial charge on any atom is -0.489 e. The Balaban J connectivity index is 2.57. The summed E-state index contributed by atoms with van der Waals surface area (Å²) in [5.74, 6) is 0.842. The van der Waals surface area contributed by atoms with Gasteiger partial charge in [0.15, 0.2) is 5.78 Å². The van der Waals surface area contributed by atoms with E-state index >= 15 is 0 Å². The molecule has 1 aromatic rings. The third-order valence-electron chi connectivity index (χ3n) is 2.20. The first-order valence-electron chi connectivity index (χ1n) is 5.04. The second-order valence-electron chi connectivity index (χ2n) is 3.47. The van der Waals surface area contributed by atoms with Gasteiger partial charge in [0, 0.05) is 5.56 Å². The van der Waals surface area contributed by atoms with Crippen LogP contribution in [-0.2, 0) is 0 Å². The zero-order chi connectivity index (χ0) is 11.3.